The number of rotatable bonds is 5. The molecule has 2 aliphatic rings. The molecule has 2 aliphatic heterocycles. The van der Waals surface area contributed by atoms with Crippen LogP contribution in [0.5, 0.6) is 0 Å². The van der Waals surface area contributed by atoms with Crippen LogP contribution in [0.2, 0.25) is 0 Å². The summed E-state index contributed by atoms with van der Waals surface area (Å²) >= 11 is 0. The standard InChI is InChI=1S/C15H27NO3/c1-10(15(2,3)19-4)16-12-5-6-13(16)8-11(7-12)9-14(17)18/h10-13H,5-9H2,1-4H3,(H,17,18). The smallest absolute Gasteiger partial charge is 0.303 e. The van der Waals surface area contributed by atoms with Crippen molar-refractivity contribution in [2.45, 2.75) is 76.6 Å². The van der Waals surface area contributed by atoms with Gasteiger partial charge in [0.1, 0.15) is 0 Å². The molecule has 0 saturated carbocycles. The molecule has 0 aliphatic carbocycles. The number of aliphatic carboxylic acids is 1. The molecular formula is C15H27NO3. The van der Waals surface area contributed by atoms with Gasteiger partial charge in [-0.1, -0.05) is 0 Å². The lowest BCUT2D eigenvalue weighted by molar-refractivity contribution is -0.139. The summed E-state index contributed by atoms with van der Waals surface area (Å²) in [4.78, 5) is 13.5. The van der Waals surface area contributed by atoms with Crippen LogP contribution in [-0.4, -0.2) is 46.8 Å². The highest BCUT2D eigenvalue weighted by atomic mass is 16.5. The van der Waals surface area contributed by atoms with Gasteiger partial charge in [-0.05, 0) is 52.4 Å². The Morgan fingerprint density at radius 2 is 1.89 bits per heavy atom. The van der Waals surface area contributed by atoms with Crippen LogP contribution in [0.3, 0.4) is 0 Å². The first-order chi connectivity index (χ1) is 8.85. The molecule has 0 amide bonds. The van der Waals surface area contributed by atoms with Crippen molar-refractivity contribution in [2.75, 3.05) is 7.11 Å². The Balaban J connectivity index is 2.05. The van der Waals surface area contributed by atoms with Crippen molar-refractivity contribution in [3.05, 3.63) is 0 Å². The summed E-state index contributed by atoms with van der Waals surface area (Å²) in [7, 11) is 1.77. The predicted molar refractivity (Wildman–Crippen MR) is 74.2 cm³/mol. The number of carboxylic acids is 1. The minimum Gasteiger partial charge on any atom is -0.481 e. The first kappa shape index (κ1) is 14.8. The molecule has 0 aromatic carbocycles. The molecule has 2 bridgehead atoms. The lowest BCUT2D eigenvalue weighted by Gasteiger charge is -2.47. The minimum atomic E-state index is -0.650. The average Bonchev–Trinajstić information content (AvgIpc) is 2.59. The summed E-state index contributed by atoms with van der Waals surface area (Å²) in [6, 6.07) is 1.47. The fourth-order valence-corrected chi connectivity index (χ4v) is 3.90. The molecule has 2 saturated heterocycles. The van der Waals surface area contributed by atoms with Crippen molar-refractivity contribution < 1.29 is 14.6 Å². The van der Waals surface area contributed by atoms with E-state index in [-0.39, 0.29) is 5.60 Å². The Bertz CT molecular complexity index is 328. The van der Waals surface area contributed by atoms with Gasteiger partial charge in [-0.15, -0.1) is 0 Å². The van der Waals surface area contributed by atoms with Gasteiger partial charge < -0.3 is 9.84 Å². The largest absolute Gasteiger partial charge is 0.481 e. The Morgan fingerprint density at radius 1 is 1.37 bits per heavy atom. The summed E-state index contributed by atoms with van der Waals surface area (Å²) < 4.78 is 5.63. The Hall–Kier alpha value is -0.610. The molecular weight excluding hydrogens is 242 g/mol. The number of carboxylic acid groups (broad SMARTS) is 1. The SMILES string of the molecule is COC(C)(C)C(C)N1C2CCC1CC(CC(=O)O)C2. The van der Waals surface area contributed by atoms with Crippen LogP contribution >= 0.6 is 0 Å². The van der Waals surface area contributed by atoms with Crippen molar-refractivity contribution in [3.8, 4) is 0 Å². The third-order valence-corrected chi connectivity index (χ3v) is 5.33. The molecule has 2 rings (SSSR count). The van der Waals surface area contributed by atoms with E-state index < -0.39 is 5.97 Å². The van der Waals surface area contributed by atoms with E-state index in [0.717, 1.165) is 12.8 Å². The molecule has 0 spiro atoms. The van der Waals surface area contributed by atoms with Gasteiger partial charge in [-0.3, -0.25) is 9.69 Å². The predicted octanol–water partition coefficient (Wildman–Crippen LogP) is 2.52. The lowest BCUT2D eigenvalue weighted by Crippen LogP contribution is -2.56. The van der Waals surface area contributed by atoms with Crippen LogP contribution in [0.1, 0.15) is 52.9 Å². The summed E-state index contributed by atoms with van der Waals surface area (Å²) in [5.41, 5.74) is -0.152. The first-order valence-electron chi connectivity index (χ1n) is 7.39. The number of fused-ring (bicyclic) bond motifs is 2. The van der Waals surface area contributed by atoms with Gasteiger partial charge >= 0.3 is 5.97 Å². The zero-order valence-electron chi connectivity index (χ0n) is 12.6. The van der Waals surface area contributed by atoms with Crippen LogP contribution in [0.25, 0.3) is 0 Å². The third kappa shape index (κ3) is 2.95. The number of hydrogen-bond acceptors (Lipinski definition) is 3. The number of carbonyl (C=O) groups is 1. The van der Waals surface area contributed by atoms with E-state index in [9.17, 15) is 4.79 Å². The highest BCUT2D eigenvalue weighted by Crippen LogP contribution is 2.42. The van der Waals surface area contributed by atoms with Crippen LogP contribution in [0.4, 0.5) is 0 Å². The van der Waals surface area contributed by atoms with E-state index in [4.69, 9.17) is 9.84 Å². The molecule has 19 heavy (non-hydrogen) atoms. The topological polar surface area (TPSA) is 49.8 Å². The summed E-state index contributed by atoms with van der Waals surface area (Å²) in [6.45, 7) is 6.52. The van der Waals surface area contributed by atoms with Gasteiger partial charge in [-0.25, -0.2) is 0 Å². The van der Waals surface area contributed by atoms with E-state index in [0.29, 0.717) is 30.5 Å². The molecule has 0 radical (unpaired) electrons. The zero-order chi connectivity index (χ0) is 14.2. The van der Waals surface area contributed by atoms with Gasteiger partial charge in [0, 0.05) is 31.7 Å². The van der Waals surface area contributed by atoms with E-state index in [2.05, 4.69) is 25.7 Å². The molecule has 4 heteroatoms. The van der Waals surface area contributed by atoms with E-state index in [1.807, 2.05) is 0 Å². The van der Waals surface area contributed by atoms with Gasteiger partial charge in [0.25, 0.3) is 0 Å². The molecule has 2 fully saturated rings. The van der Waals surface area contributed by atoms with Gasteiger partial charge in [0.15, 0.2) is 0 Å². The number of hydrogen-bond donors (Lipinski definition) is 1. The van der Waals surface area contributed by atoms with E-state index >= 15 is 0 Å². The third-order valence-electron chi connectivity index (χ3n) is 5.33. The fraction of sp³-hybridized carbons (Fsp3) is 0.933. The maximum absolute atomic E-state index is 10.9. The van der Waals surface area contributed by atoms with Crippen molar-refractivity contribution in [3.63, 3.8) is 0 Å². The summed E-state index contributed by atoms with van der Waals surface area (Å²) in [5.74, 6) is -0.285. The number of piperidine rings is 1. The molecule has 1 N–H and O–H groups in total. The lowest BCUT2D eigenvalue weighted by atomic mass is 9.85. The molecule has 3 atom stereocenters. The number of ether oxygens (including phenoxy) is 1. The van der Waals surface area contributed by atoms with Gasteiger partial charge in [0.05, 0.1) is 5.60 Å². The summed E-state index contributed by atoms with van der Waals surface area (Å²) in [5, 5.41) is 8.97. The van der Waals surface area contributed by atoms with Gasteiger partial charge in [-0.2, -0.15) is 0 Å². The van der Waals surface area contributed by atoms with Crippen molar-refractivity contribution in [1.29, 1.82) is 0 Å². The Labute approximate surface area is 116 Å². The minimum absolute atomic E-state index is 0.152. The highest BCUT2D eigenvalue weighted by Gasteiger charge is 2.46. The maximum atomic E-state index is 10.9. The van der Waals surface area contributed by atoms with Gasteiger partial charge in [0.2, 0.25) is 0 Å². The van der Waals surface area contributed by atoms with E-state index in [1.165, 1.54) is 12.8 Å². The van der Waals surface area contributed by atoms with Crippen LogP contribution in [0, 0.1) is 5.92 Å². The zero-order valence-corrected chi connectivity index (χ0v) is 12.6. The molecule has 2 heterocycles. The van der Waals surface area contributed by atoms with E-state index in [1.54, 1.807) is 7.11 Å². The molecule has 0 aromatic rings. The molecule has 0 aromatic heterocycles. The Kier molecular flexibility index (Phi) is 4.21. The van der Waals surface area contributed by atoms with Crippen LogP contribution in [-0.2, 0) is 9.53 Å². The maximum Gasteiger partial charge on any atom is 0.303 e. The first-order valence-corrected chi connectivity index (χ1v) is 7.39. The molecule has 110 valence electrons. The van der Waals surface area contributed by atoms with Crippen molar-refractivity contribution >= 4 is 5.97 Å². The van der Waals surface area contributed by atoms with Crippen LogP contribution < -0.4 is 0 Å². The molecule has 4 nitrogen and oxygen atoms in total. The number of methoxy groups -OCH3 is 1. The Morgan fingerprint density at radius 3 is 2.32 bits per heavy atom. The van der Waals surface area contributed by atoms with Crippen LogP contribution in [0.15, 0.2) is 0 Å². The second kappa shape index (κ2) is 5.41. The second-order valence-corrected chi connectivity index (χ2v) is 6.75. The number of nitrogens with zero attached hydrogens (tertiary/aromatic N) is 1. The average molecular weight is 269 g/mol. The fourth-order valence-electron chi connectivity index (χ4n) is 3.90. The second-order valence-electron chi connectivity index (χ2n) is 6.75. The normalized spacial score (nSPS) is 33.4. The van der Waals surface area contributed by atoms with Crippen molar-refractivity contribution in [2.24, 2.45) is 5.92 Å². The molecule has 3 unspecified atom stereocenters. The quantitative estimate of drug-likeness (QED) is 0.833. The summed E-state index contributed by atoms with van der Waals surface area (Å²) in [6.07, 6.45) is 4.83. The van der Waals surface area contributed by atoms with Crippen molar-refractivity contribution in [1.82, 2.24) is 4.90 Å². The monoisotopic (exact) mass is 269 g/mol. The highest BCUT2D eigenvalue weighted by molar-refractivity contribution is 5.67.